The lowest BCUT2D eigenvalue weighted by Crippen LogP contribution is -2.26. The fourth-order valence-electron chi connectivity index (χ4n) is 2.00. The van der Waals surface area contributed by atoms with Crippen LogP contribution in [0.1, 0.15) is 29.8 Å². The summed E-state index contributed by atoms with van der Waals surface area (Å²) in [4.78, 5) is 15.7. The Labute approximate surface area is 118 Å². The number of nitrogens with one attached hydrogen (secondary N) is 1. The SMILES string of the molecule is Nc1ccc(C(=O)NCCCOCC2CCCO2)nc1. The van der Waals surface area contributed by atoms with E-state index in [-0.39, 0.29) is 12.0 Å². The second kappa shape index (κ2) is 7.81. The van der Waals surface area contributed by atoms with Crippen molar-refractivity contribution >= 4 is 11.6 Å². The summed E-state index contributed by atoms with van der Waals surface area (Å²) in [6.07, 6.45) is 4.70. The Hall–Kier alpha value is -1.66. The van der Waals surface area contributed by atoms with Crippen LogP contribution in [0, 0.1) is 0 Å². The summed E-state index contributed by atoms with van der Waals surface area (Å²) in [5.74, 6) is -0.191. The molecule has 0 radical (unpaired) electrons. The van der Waals surface area contributed by atoms with Crippen molar-refractivity contribution in [3.8, 4) is 0 Å². The minimum Gasteiger partial charge on any atom is -0.397 e. The first-order valence-corrected chi connectivity index (χ1v) is 6.95. The van der Waals surface area contributed by atoms with Gasteiger partial charge in [-0.3, -0.25) is 4.79 Å². The van der Waals surface area contributed by atoms with Gasteiger partial charge in [0.15, 0.2) is 0 Å². The fourth-order valence-corrected chi connectivity index (χ4v) is 2.00. The summed E-state index contributed by atoms with van der Waals surface area (Å²) in [6, 6.07) is 3.27. The molecule has 20 heavy (non-hydrogen) atoms. The van der Waals surface area contributed by atoms with Crippen LogP contribution in [0.3, 0.4) is 0 Å². The average molecular weight is 279 g/mol. The van der Waals surface area contributed by atoms with Gasteiger partial charge in [0.1, 0.15) is 5.69 Å². The van der Waals surface area contributed by atoms with E-state index in [1.54, 1.807) is 12.1 Å². The van der Waals surface area contributed by atoms with Crippen LogP contribution in [0.4, 0.5) is 5.69 Å². The third-order valence-corrected chi connectivity index (χ3v) is 3.10. The standard InChI is InChI=1S/C14H21N3O3/c15-11-4-5-13(17-9-11)14(18)16-6-2-7-19-10-12-3-1-8-20-12/h4-5,9,12H,1-3,6-8,10,15H2,(H,16,18). The van der Waals surface area contributed by atoms with Crippen molar-refractivity contribution in [2.75, 3.05) is 32.1 Å². The maximum Gasteiger partial charge on any atom is 0.269 e. The molecule has 1 aromatic heterocycles. The molecule has 1 aromatic rings. The molecule has 1 atom stereocenters. The summed E-state index contributed by atoms with van der Waals surface area (Å²) in [6.45, 7) is 2.68. The third-order valence-electron chi connectivity index (χ3n) is 3.10. The number of nitrogens with two attached hydrogens (primary N) is 1. The molecular formula is C14H21N3O3. The van der Waals surface area contributed by atoms with Gasteiger partial charge in [0.25, 0.3) is 5.91 Å². The largest absolute Gasteiger partial charge is 0.397 e. The van der Waals surface area contributed by atoms with Gasteiger partial charge in [0.2, 0.25) is 0 Å². The number of ether oxygens (including phenoxy) is 2. The molecule has 1 aliphatic rings. The zero-order valence-electron chi connectivity index (χ0n) is 11.5. The molecular weight excluding hydrogens is 258 g/mol. The molecule has 1 aliphatic heterocycles. The van der Waals surface area contributed by atoms with Crippen LogP contribution in [0.2, 0.25) is 0 Å². The minimum atomic E-state index is -0.191. The number of hydrogen-bond donors (Lipinski definition) is 2. The third kappa shape index (κ3) is 4.79. The number of nitrogen functional groups attached to an aromatic ring is 1. The topological polar surface area (TPSA) is 86.5 Å². The van der Waals surface area contributed by atoms with Crippen molar-refractivity contribution in [2.24, 2.45) is 0 Å². The van der Waals surface area contributed by atoms with E-state index < -0.39 is 0 Å². The molecule has 6 heteroatoms. The van der Waals surface area contributed by atoms with Gasteiger partial charge >= 0.3 is 0 Å². The van der Waals surface area contributed by atoms with Crippen molar-refractivity contribution in [3.05, 3.63) is 24.0 Å². The van der Waals surface area contributed by atoms with Gasteiger partial charge in [0.05, 0.1) is 24.6 Å². The molecule has 0 aliphatic carbocycles. The van der Waals surface area contributed by atoms with Gasteiger partial charge in [-0.25, -0.2) is 4.98 Å². The van der Waals surface area contributed by atoms with Crippen LogP contribution in [-0.2, 0) is 9.47 Å². The van der Waals surface area contributed by atoms with Gasteiger partial charge < -0.3 is 20.5 Å². The first-order chi connectivity index (χ1) is 9.75. The molecule has 1 unspecified atom stereocenters. The number of nitrogens with zero attached hydrogens (tertiary/aromatic N) is 1. The van der Waals surface area contributed by atoms with Crippen LogP contribution >= 0.6 is 0 Å². The zero-order valence-corrected chi connectivity index (χ0v) is 11.5. The Balaban J connectivity index is 1.54. The lowest BCUT2D eigenvalue weighted by atomic mass is 10.2. The van der Waals surface area contributed by atoms with E-state index in [1.165, 1.54) is 6.20 Å². The molecule has 6 nitrogen and oxygen atoms in total. The first kappa shape index (κ1) is 14.7. The molecule has 2 rings (SSSR count). The molecule has 0 aromatic carbocycles. The molecule has 110 valence electrons. The zero-order chi connectivity index (χ0) is 14.2. The second-order valence-electron chi connectivity index (χ2n) is 4.80. The number of aromatic nitrogens is 1. The van der Waals surface area contributed by atoms with Crippen molar-refractivity contribution < 1.29 is 14.3 Å². The lowest BCUT2D eigenvalue weighted by Gasteiger charge is -2.10. The normalized spacial score (nSPS) is 18.1. The lowest BCUT2D eigenvalue weighted by molar-refractivity contribution is 0.0166. The van der Waals surface area contributed by atoms with Crippen molar-refractivity contribution in [2.45, 2.75) is 25.4 Å². The molecule has 1 saturated heterocycles. The number of amides is 1. The maximum atomic E-state index is 11.7. The highest BCUT2D eigenvalue weighted by Gasteiger charge is 2.14. The van der Waals surface area contributed by atoms with E-state index in [4.69, 9.17) is 15.2 Å². The predicted octanol–water partition coefficient (Wildman–Crippen LogP) is 0.979. The highest BCUT2D eigenvalue weighted by molar-refractivity contribution is 5.92. The van der Waals surface area contributed by atoms with E-state index >= 15 is 0 Å². The number of anilines is 1. The van der Waals surface area contributed by atoms with Crippen molar-refractivity contribution in [1.82, 2.24) is 10.3 Å². The second-order valence-corrected chi connectivity index (χ2v) is 4.80. The van der Waals surface area contributed by atoms with Gasteiger partial charge in [-0.15, -0.1) is 0 Å². The van der Waals surface area contributed by atoms with Crippen molar-refractivity contribution in [3.63, 3.8) is 0 Å². The van der Waals surface area contributed by atoms with E-state index in [2.05, 4.69) is 10.3 Å². The molecule has 2 heterocycles. The number of carbonyl (C=O) groups excluding carboxylic acids is 1. The van der Waals surface area contributed by atoms with E-state index in [1.807, 2.05) is 0 Å². The van der Waals surface area contributed by atoms with Gasteiger partial charge in [-0.05, 0) is 31.4 Å². The van der Waals surface area contributed by atoms with Crippen LogP contribution < -0.4 is 11.1 Å². The van der Waals surface area contributed by atoms with E-state index in [0.717, 1.165) is 25.9 Å². The fraction of sp³-hybridized carbons (Fsp3) is 0.571. The Morgan fingerprint density at radius 3 is 3.15 bits per heavy atom. The van der Waals surface area contributed by atoms with Gasteiger partial charge in [0, 0.05) is 19.8 Å². The first-order valence-electron chi connectivity index (χ1n) is 6.95. The number of hydrogen-bond acceptors (Lipinski definition) is 5. The molecule has 1 fully saturated rings. The predicted molar refractivity (Wildman–Crippen MR) is 75.4 cm³/mol. The number of carbonyl (C=O) groups is 1. The number of rotatable bonds is 7. The average Bonchev–Trinajstić information content (AvgIpc) is 2.96. The summed E-state index contributed by atoms with van der Waals surface area (Å²) in [7, 11) is 0. The smallest absolute Gasteiger partial charge is 0.269 e. The molecule has 0 saturated carbocycles. The number of pyridine rings is 1. The van der Waals surface area contributed by atoms with Gasteiger partial charge in [-0.1, -0.05) is 0 Å². The Morgan fingerprint density at radius 2 is 2.45 bits per heavy atom. The summed E-state index contributed by atoms with van der Waals surface area (Å²) >= 11 is 0. The van der Waals surface area contributed by atoms with Crippen LogP contribution in [-0.4, -0.2) is 43.4 Å². The van der Waals surface area contributed by atoms with E-state index in [0.29, 0.717) is 31.1 Å². The van der Waals surface area contributed by atoms with Crippen LogP contribution in [0.15, 0.2) is 18.3 Å². The molecule has 1 amide bonds. The summed E-state index contributed by atoms with van der Waals surface area (Å²) in [5, 5.41) is 2.79. The quantitative estimate of drug-likeness (QED) is 0.727. The minimum absolute atomic E-state index is 0.191. The highest BCUT2D eigenvalue weighted by Crippen LogP contribution is 2.11. The van der Waals surface area contributed by atoms with Crippen LogP contribution in [0.5, 0.6) is 0 Å². The van der Waals surface area contributed by atoms with Gasteiger partial charge in [-0.2, -0.15) is 0 Å². The molecule has 0 bridgehead atoms. The highest BCUT2D eigenvalue weighted by atomic mass is 16.5. The van der Waals surface area contributed by atoms with Crippen LogP contribution in [0.25, 0.3) is 0 Å². The Bertz CT molecular complexity index is 416. The Kier molecular flexibility index (Phi) is 5.76. The van der Waals surface area contributed by atoms with Crippen molar-refractivity contribution in [1.29, 1.82) is 0 Å². The summed E-state index contributed by atoms with van der Waals surface area (Å²) in [5.41, 5.74) is 6.43. The molecule has 3 N–H and O–H groups in total. The molecule has 0 spiro atoms. The summed E-state index contributed by atoms with van der Waals surface area (Å²) < 4.78 is 11.0. The van der Waals surface area contributed by atoms with E-state index in [9.17, 15) is 4.79 Å². The Morgan fingerprint density at radius 1 is 1.55 bits per heavy atom. The maximum absolute atomic E-state index is 11.7. The monoisotopic (exact) mass is 279 g/mol.